The number of nitrogens with zero attached hydrogens (tertiary/aromatic N) is 3. The van der Waals surface area contributed by atoms with E-state index in [1.165, 1.54) is 22.9 Å². The number of ether oxygens (including phenoxy) is 1. The maximum absolute atomic E-state index is 12.8. The molecule has 168 valence electrons. The van der Waals surface area contributed by atoms with Crippen molar-refractivity contribution in [2.24, 2.45) is 0 Å². The fraction of sp³-hybridized carbons (Fsp3) is 0.222. The number of hydrogen-bond donors (Lipinski definition) is 0. The molecule has 33 heavy (non-hydrogen) atoms. The molecule has 0 aliphatic heterocycles. The van der Waals surface area contributed by atoms with Gasteiger partial charge in [-0.05, 0) is 36.1 Å². The highest BCUT2D eigenvalue weighted by Gasteiger charge is 2.18. The molecular weight excluding hydrogens is 430 g/mol. The van der Waals surface area contributed by atoms with Crippen molar-refractivity contribution in [3.63, 3.8) is 0 Å². The van der Waals surface area contributed by atoms with E-state index >= 15 is 0 Å². The maximum Gasteiger partial charge on any atom is 0.191 e. The van der Waals surface area contributed by atoms with Crippen LogP contribution >= 0.6 is 11.8 Å². The molecule has 5 nitrogen and oxygen atoms in total. The number of ketones is 1. The van der Waals surface area contributed by atoms with Gasteiger partial charge in [0.2, 0.25) is 0 Å². The molecule has 0 atom stereocenters. The number of methoxy groups -OCH3 is 1. The summed E-state index contributed by atoms with van der Waals surface area (Å²) in [6, 6.07) is 26.0. The van der Waals surface area contributed by atoms with Gasteiger partial charge in [-0.15, -0.1) is 10.2 Å². The van der Waals surface area contributed by atoms with Gasteiger partial charge in [0.15, 0.2) is 16.8 Å². The Morgan fingerprint density at radius 2 is 1.64 bits per heavy atom. The van der Waals surface area contributed by atoms with Crippen molar-refractivity contribution >= 4 is 17.5 Å². The largest absolute Gasteiger partial charge is 0.496 e. The summed E-state index contributed by atoms with van der Waals surface area (Å²) in [5.41, 5.74) is 4.07. The Morgan fingerprint density at radius 3 is 2.36 bits per heavy atom. The molecule has 1 heterocycles. The first kappa shape index (κ1) is 22.8. The molecular formula is C27H27N3O2S. The van der Waals surface area contributed by atoms with Crippen molar-refractivity contribution < 1.29 is 9.53 Å². The SMILES string of the molecule is CCc1ccc(C(=O)CSc2nnc(-c3ccccc3OC)n2CCc2ccccc2)cc1. The van der Waals surface area contributed by atoms with Gasteiger partial charge in [0.05, 0.1) is 18.4 Å². The zero-order valence-electron chi connectivity index (χ0n) is 18.9. The maximum atomic E-state index is 12.8. The molecule has 4 rings (SSSR count). The van der Waals surface area contributed by atoms with E-state index in [2.05, 4.69) is 33.8 Å². The molecule has 0 N–H and O–H groups in total. The van der Waals surface area contributed by atoms with Crippen molar-refractivity contribution in [1.29, 1.82) is 0 Å². The Labute approximate surface area is 198 Å². The van der Waals surface area contributed by atoms with Crippen LogP contribution in [0.3, 0.4) is 0 Å². The Balaban J connectivity index is 1.58. The van der Waals surface area contributed by atoms with E-state index in [1.807, 2.05) is 66.7 Å². The van der Waals surface area contributed by atoms with Crippen LogP contribution in [0.2, 0.25) is 0 Å². The van der Waals surface area contributed by atoms with Gasteiger partial charge in [0.25, 0.3) is 0 Å². The molecule has 1 aromatic heterocycles. The summed E-state index contributed by atoms with van der Waals surface area (Å²) in [5, 5.41) is 9.65. The molecule has 0 amide bonds. The van der Waals surface area contributed by atoms with Gasteiger partial charge in [-0.2, -0.15) is 0 Å². The Hall–Kier alpha value is -3.38. The third kappa shape index (κ3) is 5.52. The molecule has 0 saturated heterocycles. The summed E-state index contributed by atoms with van der Waals surface area (Å²) in [5.74, 6) is 1.88. The summed E-state index contributed by atoms with van der Waals surface area (Å²) in [6.45, 7) is 2.81. The number of hydrogen-bond acceptors (Lipinski definition) is 5. The Kier molecular flexibility index (Phi) is 7.58. The second kappa shape index (κ2) is 11.0. The number of aryl methyl sites for hydroxylation is 2. The monoisotopic (exact) mass is 457 g/mol. The molecule has 0 unspecified atom stereocenters. The predicted octanol–water partition coefficient (Wildman–Crippen LogP) is 5.73. The molecule has 3 aromatic carbocycles. The van der Waals surface area contributed by atoms with Gasteiger partial charge in [-0.25, -0.2) is 0 Å². The lowest BCUT2D eigenvalue weighted by molar-refractivity contribution is 0.102. The number of carbonyl (C=O) groups excluding carboxylic acids is 1. The van der Waals surface area contributed by atoms with Crippen LogP contribution < -0.4 is 4.74 Å². The molecule has 6 heteroatoms. The third-order valence-electron chi connectivity index (χ3n) is 5.55. The summed E-state index contributed by atoms with van der Waals surface area (Å²) >= 11 is 1.42. The standard InChI is InChI=1S/C27H27N3O2S/c1-3-20-13-15-22(16-14-20)24(31)19-33-27-29-28-26(23-11-7-8-12-25(23)32-2)30(27)18-17-21-9-5-4-6-10-21/h4-16H,3,17-19H2,1-2H3. The first-order chi connectivity index (χ1) is 16.2. The van der Waals surface area contributed by atoms with Crippen LogP contribution in [-0.4, -0.2) is 33.4 Å². The molecule has 0 radical (unpaired) electrons. The topological polar surface area (TPSA) is 57.0 Å². The summed E-state index contributed by atoms with van der Waals surface area (Å²) in [6.07, 6.45) is 1.79. The van der Waals surface area contributed by atoms with Gasteiger partial charge in [0.1, 0.15) is 5.75 Å². The number of benzene rings is 3. The van der Waals surface area contributed by atoms with E-state index in [-0.39, 0.29) is 5.78 Å². The second-order valence-electron chi connectivity index (χ2n) is 7.66. The number of para-hydroxylation sites is 1. The van der Waals surface area contributed by atoms with Crippen LogP contribution in [0.4, 0.5) is 0 Å². The third-order valence-corrected chi connectivity index (χ3v) is 6.51. The van der Waals surface area contributed by atoms with Crippen LogP contribution in [0, 0.1) is 0 Å². The lowest BCUT2D eigenvalue weighted by Crippen LogP contribution is -2.08. The van der Waals surface area contributed by atoms with E-state index in [0.717, 1.165) is 40.7 Å². The quantitative estimate of drug-likeness (QED) is 0.225. The first-order valence-corrected chi connectivity index (χ1v) is 12.0. The van der Waals surface area contributed by atoms with Crippen LogP contribution in [0.5, 0.6) is 5.75 Å². The van der Waals surface area contributed by atoms with Gasteiger partial charge in [0, 0.05) is 12.1 Å². The van der Waals surface area contributed by atoms with Crippen LogP contribution in [0.1, 0.15) is 28.4 Å². The summed E-state index contributed by atoms with van der Waals surface area (Å²) < 4.78 is 7.65. The van der Waals surface area contributed by atoms with E-state index in [4.69, 9.17) is 4.74 Å². The van der Waals surface area contributed by atoms with Crippen LogP contribution in [0.15, 0.2) is 84.0 Å². The molecule has 0 saturated carbocycles. The van der Waals surface area contributed by atoms with Crippen molar-refractivity contribution in [2.45, 2.75) is 31.5 Å². The Morgan fingerprint density at radius 1 is 0.909 bits per heavy atom. The van der Waals surface area contributed by atoms with Crippen molar-refractivity contribution in [3.05, 3.63) is 95.6 Å². The molecule has 0 fully saturated rings. The number of aromatic nitrogens is 3. The van der Waals surface area contributed by atoms with E-state index in [9.17, 15) is 4.79 Å². The van der Waals surface area contributed by atoms with E-state index in [0.29, 0.717) is 12.3 Å². The highest BCUT2D eigenvalue weighted by Crippen LogP contribution is 2.31. The Bertz CT molecular complexity index is 1200. The van der Waals surface area contributed by atoms with Gasteiger partial charge in [-0.1, -0.05) is 85.4 Å². The smallest absolute Gasteiger partial charge is 0.191 e. The molecule has 4 aromatic rings. The summed E-state index contributed by atoms with van der Waals surface area (Å²) in [4.78, 5) is 12.8. The lowest BCUT2D eigenvalue weighted by Gasteiger charge is -2.12. The lowest BCUT2D eigenvalue weighted by atomic mass is 10.1. The average Bonchev–Trinajstić information content (AvgIpc) is 3.29. The second-order valence-corrected chi connectivity index (χ2v) is 8.60. The van der Waals surface area contributed by atoms with Crippen LogP contribution in [0.25, 0.3) is 11.4 Å². The minimum absolute atomic E-state index is 0.0825. The minimum Gasteiger partial charge on any atom is -0.496 e. The number of Topliss-reactive ketones (excluding diaryl/α,β-unsaturated/α-hetero) is 1. The zero-order valence-corrected chi connectivity index (χ0v) is 19.7. The predicted molar refractivity (Wildman–Crippen MR) is 133 cm³/mol. The summed E-state index contributed by atoms with van der Waals surface area (Å²) in [7, 11) is 1.65. The number of thioether (sulfide) groups is 1. The van der Waals surface area contributed by atoms with E-state index in [1.54, 1.807) is 7.11 Å². The zero-order chi connectivity index (χ0) is 23.0. The molecule has 0 bridgehead atoms. The van der Waals surface area contributed by atoms with Crippen molar-refractivity contribution in [1.82, 2.24) is 14.8 Å². The molecule has 0 spiro atoms. The highest BCUT2D eigenvalue weighted by atomic mass is 32.2. The first-order valence-electron chi connectivity index (χ1n) is 11.0. The van der Waals surface area contributed by atoms with Crippen molar-refractivity contribution in [2.75, 3.05) is 12.9 Å². The van der Waals surface area contributed by atoms with Crippen LogP contribution in [-0.2, 0) is 19.4 Å². The van der Waals surface area contributed by atoms with Gasteiger partial charge >= 0.3 is 0 Å². The fourth-order valence-electron chi connectivity index (χ4n) is 3.65. The number of rotatable bonds is 10. The number of carbonyl (C=O) groups is 1. The normalized spacial score (nSPS) is 10.8. The minimum atomic E-state index is 0.0825. The molecule has 0 aliphatic rings. The van der Waals surface area contributed by atoms with Gasteiger partial charge in [-0.3, -0.25) is 4.79 Å². The molecule has 0 aliphatic carbocycles. The average molecular weight is 458 g/mol. The van der Waals surface area contributed by atoms with E-state index < -0.39 is 0 Å². The van der Waals surface area contributed by atoms with Gasteiger partial charge < -0.3 is 9.30 Å². The van der Waals surface area contributed by atoms with Crippen molar-refractivity contribution in [3.8, 4) is 17.1 Å². The fourth-order valence-corrected chi connectivity index (χ4v) is 4.51. The highest BCUT2D eigenvalue weighted by molar-refractivity contribution is 7.99.